The second-order valence-electron chi connectivity index (χ2n) is 10.3. The lowest BCUT2D eigenvalue weighted by Gasteiger charge is -2.37. The van der Waals surface area contributed by atoms with E-state index in [1.807, 2.05) is 0 Å². The average Bonchev–Trinajstić information content (AvgIpc) is 2.93. The van der Waals surface area contributed by atoms with Gasteiger partial charge in [-0.1, -0.05) is 110 Å². The molecule has 4 aromatic carbocycles. The molecule has 1 saturated carbocycles. The van der Waals surface area contributed by atoms with E-state index in [4.69, 9.17) is 9.05 Å². The molecule has 0 unspecified atom stereocenters. The summed E-state index contributed by atoms with van der Waals surface area (Å²) in [5, 5.41) is 5.23. The summed E-state index contributed by atoms with van der Waals surface area (Å²) in [5.41, 5.74) is 5.16. The molecule has 1 fully saturated rings. The monoisotopic (exact) mass is 540 g/mol. The van der Waals surface area contributed by atoms with Gasteiger partial charge < -0.3 is 9.05 Å². The van der Waals surface area contributed by atoms with Crippen LogP contribution in [-0.2, 0) is 9.05 Å². The van der Waals surface area contributed by atoms with Crippen LogP contribution in [0.2, 0.25) is 0 Å². The number of rotatable bonds is 8. The van der Waals surface area contributed by atoms with Crippen molar-refractivity contribution in [1.82, 2.24) is 0 Å². The van der Waals surface area contributed by atoms with Crippen molar-refractivity contribution in [2.24, 2.45) is 0 Å². The molecule has 5 rings (SSSR count). The molecule has 38 heavy (non-hydrogen) atoms. The zero-order valence-corrected chi connectivity index (χ0v) is 24.7. The Morgan fingerprint density at radius 3 is 0.974 bits per heavy atom. The smallest absolute Gasteiger partial charge is 0.0928 e. The van der Waals surface area contributed by atoms with Crippen LogP contribution in [0.15, 0.2) is 97.1 Å². The van der Waals surface area contributed by atoms with Crippen LogP contribution >= 0.6 is 16.3 Å². The molecule has 4 aromatic rings. The van der Waals surface area contributed by atoms with E-state index in [0.29, 0.717) is 0 Å². The van der Waals surface area contributed by atoms with Gasteiger partial charge in [0.05, 0.1) is 28.5 Å². The van der Waals surface area contributed by atoms with Crippen LogP contribution in [0.25, 0.3) is 0 Å². The van der Waals surface area contributed by atoms with Gasteiger partial charge in [-0.05, 0) is 62.8 Å². The molecule has 2 atom stereocenters. The number of benzene rings is 4. The Bertz CT molecular complexity index is 1170. The number of hydrogen-bond donors (Lipinski definition) is 0. The molecular formula is C34H38O2P2. The highest BCUT2D eigenvalue weighted by Gasteiger charge is 2.34. The van der Waals surface area contributed by atoms with Crippen LogP contribution in [0.4, 0.5) is 0 Å². The second kappa shape index (κ2) is 12.7. The van der Waals surface area contributed by atoms with Crippen molar-refractivity contribution in [3.05, 3.63) is 119 Å². The Morgan fingerprint density at radius 1 is 0.447 bits per heavy atom. The Labute approximate surface area is 231 Å². The molecule has 0 aliphatic heterocycles. The van der Waals surface area contributed by atoms with Gasteiger partial charge in [0.1, 0.15) is 0 Å². The maximum absolute atomic E-state index is 7.22. The fourth-order valence-electron chi connectivity index (χ4n) is 5.23. The summed E-state index contributed by atoms with van der Waals surface area (Å²) in [6, 6.07) is 34.9. The van der Waals surface area contributed by atoms with Crippen LogP contribution < -0.4 is 21.2 Å². The summed E-state index contributed by atoms with van der Waals surface area (Å²) in [5.74, 6) is 0. The quantitative estimate of drug-likeness (QED) is 0.214. The van der Waals surface area contributed by atoms with Crippen molar-refractivity contribution in [1.29, 1.82) is 0 Å². The molecule has 1 aliphatic carbocycles. The van der Waals surface area contributed by atoms with E-state index in [9.17, 15) is 0 Å². The van der Waals surface area contributed by atoms with Crippen molar-refractivity contribution in [3.63, 3.8) is 0 Å². The first kappa shape index (κ1) is 27.2. The van der Waals surface area contributed by atoms with E-state index in [1.54, 1.807) is 0 Å². The first-order valence-electron chi connectivity index (χ1n) is 13.7. The third-order valence-electron chi connectivity index (χ3n) is 7.46. The SMILES string of the molecule is Cc1ccccc1P(O[C@@H]1CCCC[C@H]1OP(c1ccccc1C)c1ccccc1C)c1ccccc1C. The molecular weight excluding hydrogens is 502 g/mol. The number of hydrogen-bond acceptors (Lipinski definition) is 2. The molecule has 0 heterocycles. The molecule has 0 saturated heterocycles. The molecule has 4 heteroatoms. The maximum Gasteiger partial charge on any atom is 0.0928 e. The first-order chi connectivity index (χ1) is 18.5. The minimum absolute atomic E-state index is 0.0621. The second-order valence-corrected chi connectivity index (χ2v) is 13.8. The fraction of sp³-hybridized carbons (Fsp3) is 0.294. The van der Waals surface area contributed by atoms with Gasteiger partial charge >= 0.3 is 0 Å². The van der Waals surface area contributed by atoms with Gasteiger partial charge in [-0.2, -0.15) is 0 Å². The molecule has 0 spiro atoms. The zero-order valence-electron chi connectivity index (χ0n) is 22.9. The van der Waals surface area contributed by atoms with E-state index >= 15 is 0 Å². The van der Waals surface area contributed by atoms with Crippen molar-refractivity contribution >= 4 is 37.5 Å². The van der Waals surface area contributed by atoms with Gasteiger partial charge in [0.2, 0.25) is 0 Å². The highest BCUT2D eigenvalue weighted by Crippen LogP contribution is 2.46. The molecule has 0 N–H and O–H groups in total. The lowest BCUT2D eigenvalue weighted by atomic mass is 9.95. The van der Waals surface area contributed by atoms with Crippen molar-refractivity contribution < 1.29 is 9.05 Å². The normalized spacial score (nSPS) is 17.7. The summed E-state index contributed by atoms with van der Waals surface area (Å²) >= 11 is 0. The predicted molar refractivity (Wildman–Crippen MR) is 165 cm³/mol. The minimum Gasteiger partial charge on any atom is -0.344 e. The molecule has 196 valence electrons. The molecule has 0 amide bonds. The molecule has 0 bridgehead atoms. The lowest BCUT2D eigenvalue weighted by molar-refractivity contribution is 0.0414. The van der Waals surface area contributed by atoms with Gasteiger partial charge in [-0.3, -0.25) is 0 Å². The average molecular weight is 541 g/mol. The summed E-state index contributed by atoms with van der Waals surface area (Å²) in [4.78, 5) is 0. The van der Waals surface area contributed by atoms with E-state index < -0.39 is 16.3 Å². The first-order valence-corrected chi connectivity index (χ1v) is 16.2. The van der Waals surface area contributed by atoms with Crippen molar-refractivity contribution in [2.45, 2.75) is 65.6 Å². The van der Waals surface area contributed by atoms with Crippen molar-refractivity contribution in [3.8, 4) is 0 Å². The number of aryl methyl sites for hydroxylation is 4. The molecule has 1 aliphatic rings. The molecule has 0 radical (unpaired) electrons. The largest absolute Gasteiger partial charge is 0.344 e. The van der Waals surface area contributed by atoms with Crippen molar-refractivity contribution in [2.75, 3.05) is 0 Å². The predicted octanol–water partition coefficient (Wildman–Crippen LogP) is 7.66. The van der Waals surface area contributed by atoms with Crippen LogP contribution in [0.3, 0.4) is 0 Å². The summed E-state index contributed by atoms with van der Waals surface area (Å²) in [6.07, 6.45) is 4.56. The third-order valence-corrected chi connectivity index (χ3v) is 12.2. The Balaban J connectivity index is 1.50. The molecule has 0 aromatic heterocycles. The van der Waals surface area contributed by atoms with Gasteiger partial charge in [-0.25, -0.2) is 0 Å². The van der Waals surface area contributed by atoms with Crippen LogP contribution in [0.5, 0.6) is 0 Å². The fourth-order valence-corrected chi connectivity index (χ4v) is 9.69. The van der Waals surface area contributed by atoms with Crippen LogP contribution in [0.1, 0.15) is 47.9 Å². The maximum atomic E-state index is 7.22. The zero-order chi connectivity index (χ0) is 26.5. The Kier molecular flexibility index (Phi) is 9.08. The highest BCUT2D eigenvalue weighted by molar-refractivity contribution is 7.69. The van der Waals surface area contributed by atoms with Crippen LogP contribution in [-0.4, -0.2) is 12.2 Å². The minimum atomic E-state index is -0.961. The highest BCUT2D eigenvalue weighted by atomic mass is 31.1. The van der Waals surface area contributed by atoms with Gasteiger partial charge in [0.15, 0.2) is 0 Å². The van der Waals surface area contributed by atoms with Gasteiger partial charge in [0, 0.05) is 21.2 Å². The Hall–Kier alpha value is -2.34. The van der Waals surface area contributed by atoms with Gasteiger partial charge in [-0.15, -0.1) is 0 Å². The summed E-state index contributed by atoms with van der Waals surface area (Å²) in [6.45, 7) is 8.82. The van der Waals surface area contributed by atoms with E-state index in [-0.39, 0.29) is 12.2 Å². The van der Waals surface area contributed by atoms with Gasteiger partial charge in [0.25, 0.3) is 0 Å². The summed E-state index contributed by atoms with van der Waals surface area (Å²) < 4.78 is 14.4. The standard InChI is InChI=1S/C34H38O2P2/c1-25-15-5-11-21-31(25)37(32-22-12-6-16-26(32)2)35-29-19-9-10-20-30(29)36-38(33-23-13-7-17-27(33)3)34-24-14-8-18-28(34)4/h5-8,11-18,21-24,29-30H,9-10,19-20H2,1-4H3/t29-,30-/m1/s1. The molecule has 2 nitrogen and oxygen atoms in total. The third kappa shape index (κ3) is 6.11. The van der Waals surface area contributed by atoms with Crippen LogP contribution in [0, 0.1) is 27.7 Å². The van der Waals surface area contributed by atoms with E-state index in [2.05, 4.69) is 125 Å². The van der Waals surface area contributed by atoms with E-state index in [0.717, 1.165) is 12.8 Å². The Morgan fingerprint density at radius 2 is 0.711 bits per heavy atom. The van der Waals surface area contributed by atoms with E-state index in [1.165, 1.54) is 56.3 Å². The summed E-state index contributed by atoms with van der Waals surface area (Å²) in [7, 11) is -1.92. The lowest BCUT2D eigenvalue weighted by Crippen LogP contribution is -2.36. The topological polar surface area (TPSA) is 18.5 Å².